The molecule has 0 atom stereocenters. The van der Waals surface area contributed by atoms with Crippen LogP contribution >= 0.6 is 35.4 Å². The van der Waals surface area contributed by atoms with Crippen molar-refractivity contribution in [3.8, 4) is 0 Å². The monoisotopic (exact) mass is 314 g/mol. The highest BCUT2D eigenvalue weighted by Gasteiger charge is 2.11. The van der Waals surface area contributed by atoms with E-state index >= 15 is 0 Å². The first-order valence-electron chi connectivity index (χ1n) is 5.40. The van der Waals surface area contributed by atoms with Gasteiger partial charge in [-0.1, -0.05) is 41.5 Å². The van der Waals surface area contributed by atoms with E-state index in [0.717, 1.165) is 5.56 Å². The number of thiocarbonyl (C=S) groups is 1. The zero-order valence-corrected chi connectivity index (χ0v) is 12.0. The van der Waals surface area contributed by atoms with Crippen molar-refractivity contribution >= 4 is 46.1 Å². The largest absolute Gasteiger partial charge is 0.348 e. The molecule has 0 saturated carbocycles. The van der Waals surface area contributed by atoms with Gasteiger partial charge in [0.1, 0.15) is 5.82 Å². The van der Waals surface area contributed by atoms with Crippen molar-refractivity contribution in [1.29, 1.82) is 0 Å². The van der Waals surface area contributed by atoms with Crippen LogP contribution in [0.15, 0.2) is 36.7 Å². The van der Waals surface area contributed by atoms with Crippen LogP contribution in [0.2, 0.25) is 10.0 Å². The second-order valence-corrected chi connectivity index (χ2v) is 5.06. The number of pyridine rings is 1. The molecule has 2 nitrogen and oxygen atoms in total. The quantitative estimate of drug-likeness (QED) is 0.666. The number of halogens is 3. The van der Waals surface area contributed by atoms with E-state index in [-0.39, 0.29) is 10.0 Å². The Morgan fingerprint density at radius 2 is 2.05 bits per heavy atom. The summed E-state index contributed by atoms with van der Waals surface area (Å²) in [6.07, 6.45) is 3.94. The van der Waals surface area contributed by atoms with Crippen molar-refractivity contribution in [3.63, 3.8) is 0 Å². The van der Waals surface area contributed by atoms with Gasteiger partial charge in [-0.05, 0) is 23.8 Å². The molecule has 0 spiro atoms. The Hall–Kier alpha value is -1.23. The van der Waals surface area contributed by atoms with Gasteiger partial charge in [0.05, 0.1) is 20.7 Å². The highest BCUT2D eigenvalue weighted by Crippen LogP contribution is 2.32. The second-order valence-electron chi connectivity index (χ2n) is 3.81. The molecule has 6 heteroatoms. The van der Waals surface area contributed by atoms with Gasteiger partial charge in [-0.25, -0.2) is 4.39 Å². The fraction of sp³-hybridized carbons (Fsp3) is 0.0769. The zero-order valence-electron chi connectivity index (χ0n) is 9.66. The number of anilines is 1. The predicted octanol–water partition coefficient (Wildman–Crippen LogP) is 4.51. The van der Waals surface area contributed by atoms with Crippen LogP contribution in [-0.4, -0.2) is 9.97 Å². The van der Waals surface area contributed by atoms with Gasteiger partial charge in [0.15, 0.2) is 0 Å². The summed E-state index contributed by atoms with van der Waals surface area (Å²) in [5, 5.41) is 2.95. The lowest BCUT2D eigenvalue weighted by Gasteiger charge is -2.10. The van der Waals surface area contributed by atoms with Gasteiger partial charge in [-0.15, -0.1) is 0 Å². The smallest absolute Gasteiger partial charge is 0.143 e. The van der Waals surface area contributed by atoms with E-state index in [9.17, 15) is 4.39 Å². The lowest BCUT2D eigenvalue weighted by atomic mass is 10.2. The highest BCUT2D eigenvalue weighted by atomic mass is 35.5. The van der Waals surface area contributed by atoms with Gasteiger partial charge in [-0.2, -0.15) is 0 Å². The topological polar surface area (TPSA) is 24.9 Å². The maximum Gasteiger partial charge on any atom is 0.143 e. The molecule has 2 rings (SSSR count). The van der Waals surface area contributed by atoms with Crippen LogP contribution in [0.1, 0.15) is 5.56 Å². The molecule has 19 heavy (non-hydrogen) atoms. The molecule has 0 aliphatic heterocycles. The molecule has 0 unspecified atom stereocenters. The Balaban J connectivity index is 2.10. The molecular weight excluding hydrogens is 306 g/mol. The summed E-state index contributed by atoms with van der Waals surface area (Å²) < 4.78 is 13.2. The summed E-state index contributed by atoms with van der Waals surface area (Å²) in [6, 6.07) is 6.49. The highest BCUT2D eigenvalue weighted by molar-refractivity contribution is 7.80. The van der Waals surface area contributed by atoms with E-state index in [1.54, 1.807) is 12.4 Å². The van der Waals surface area contributed by atoms with E-state index in [1.807, 2.05) is 12.1 Å². The molecule has 2 aromatic rings. The van der Waals surface area contributed by atoms with Crippen LogP contribution in [0.25, 0.3) is 0 Å². The Labute approximate surface area is 125 Å². The number of rotatable bonds is 3. The standard InChI is InChI=1S/C13H9Cl2FN2S/c14-12-9(16)3-4-10(13(12)15)18-11(19)6-8-2-1-5-17-7-8/h1-5,7H,6H2,(H,18,19). The first kappa shape index (κ1) is 14.2. The predicted molar refractivity (Wildman–Crippen MR) is 80.6 cm³/mol. The van der Waals surface area contributed by atoms with Crippen molar-refractivity contribution < 1.29 is 4.39 Å². The molecule has 0 bridgehead atoms. The van der Waals surface area contributed by atoms with Crippen molar-refractivity contribution in [2.75, 3.05) is 5.32 Å². The Kier molecular flexibility index (Phi) is 4.69. The lowest BCUT2D eigenvalue weighted by molar-refractivity contribution is 0.628. The number of hydrogen-bond acceptors (Lipinski definition) is 2. The maximum absolute atomic E-state index is 13.2. The number of hydrogen-bond donors (Lipinski definition) is 1. The van der Waals surface area contributed by atoms with Gasteiger partial charge in [-0.3, -0.25) is 4.98 Å². The van der Waals surface area contributed by atoms with Crippen LogP contribution in [0.3, 0.4) is 0 Å². The summed E-state index contributed by atoms with van der Waals surface area (Å²) in [5.74, 6) is -0.560. The van der Waals surface area contributed by atoms with Crippen LogP contribution < -0.4 is 5.32 Å². The van der Waals surface area contributed by atoms with E-state index in [2.05, 4.69) is 10.3 Å². The van der Waals surface area contributed by atoms with Gasteiger partial charge >= 0.3 is 0 Å². The van der Waals surface area contributed by atoms with Crippen molar-refractivity contribution in [2.24, 2.45) is 0 Å². The first-order chi connectivity index (χ1) is 9.08. The third-order valence-electron chi connectivity index (χ3n) is 2.40. The number of aromatic nitrogens is 1. The molecule has 98 valence electrons. The zero-order chi connectivity index (χ0) is 13.8. The molecule has 0 aliphatic carbocycles. The minimum atomic E-state index is -0.560. The molecule has 0 amide bonds. The van der Waals surface area contributed by atoms with Crippen molar-refractivity contribution in [1.82, 2.24) is 4.98 Å². The number of nitrogens with one attached hydrogen (secondary N) is 1. The minimum absolute atomic E-state index is 0.115. The van der Waals surface area contributed by atoms with Gasteiger partial charge in [0, 0.05) is 18.8 Å². The summed E-state index contributed by atoms with van der Waals surface area (Å²) in [6.45, 7) is 0. The van der Waals surface area contributed by atoms with Gasteiger partial charge in [0.2, 0.25) is 0 Å². The fourth-order valence-corrected chi connectivity index (χ4v) is 2.15. The molecule has 1 heterocycles. The van der Waals surface area contributed by atoms with Crippen LogP contribution in [-0.2, 0) is 6.42 Å². The molecule has 0 fully saturated rings. The average Bonchev–Trinajstić information content (AvgIpc) is 2.41. The first-order valence-corrected chi connectivity index (χ1v) is 6.56. The van der Waals surface area contributed by atoms with E-state index in [4.69, 9.17) is 35.4 Å². The van der Waals surface area contributed by atoms with Gasteiger partial charge < -0.3 is 5.32 Å². The Morgan fingerprint density at radius 1 is 1.26 bits per heavy atom. The summed E-state index contributed by atoms with van der Waals surface area (Å²) in [5.41, 5.74) is 1.46. The van der Waals surface area contributed by atoms with Crippen LogP contribution in [0, 0.1) is 5.82 Å². The molecule has 0 saturated heterocycles. The summed E-state index contributed by atoms with van der Waals surface area (Å²) >= 11 is 16.9. The molecule has 1 aromatic heterocycles. The molecule has 0 aliphatic rings. The third-order valence-corrected chi connectivity index (χ3v) is 3.50. The molecule has 0 radical (unpaired) electrons. The number of benzene rings is 1. The van der Waals surface area contributed by atoms with Crippen molar-refractivity contribution in [3.05, 3.63) is 58.1 Å². The SMILES string of the molecule is Fc1ccc(NC(=S)Cc2cccnc2)c(Cl)c1Cl. The van der Waals surface area contributed by atoms with Crippen LogP contribution in [0.4, 0.5) is 10.1 Å². The van der Waals surface area contributed by atoms with E-state index in [0.29, 0.717) is 17.1 Å². The summed E-state index contributed by atoms with van der Waals surface area (Å²) in [4.78, 5) is 4.56. The summed E-state index contributed by atoms with van der Waals surface area (Å²) in [7, 11) is 0. The van der Waals surface area contributed by atoms with E-state index < -0.39 is 5.82 Å². The second kappa shape index (κ2) is 6.28. The van der Waals surface area contributed by atoms with Crippen LogP contribution in [0.5, 0.6) is 0 Å². The maximum atomic E-state index is 13.2. The lowest BCUT2D eigenvalue weighted by Crippen LogP contribution is -2.12. The normalized spacial score (nSPS) is 10.3. The molecular formula is C13H9Cl2FN2S. The Bertz CT molecular complexity index is 605. The third kappa shape index (κ3) is 3.62. The number of nitrogens with zero attached hydrogens (tertiary/aromatic N) is 1. The minimum Gasteiger partial charge on any atom is -0.348 e. The average molecular weight is 315 g/mol. The molecule has 1 aromatic carbocycles. The molecule has 1 N–H and O–H groups in total. The van der Waals surface area contributed by atoms with Crippen molar-refractivity contribution in [2.45, 2.75) is 6.42 Å². The van der Waals surface area contributed by atoms with Gasteiger partial charge in [0.25, 0.3) is 0 Å². The fourth-order valence-electron chi connectivity index (χ4n) is 1.50. The van der Waals surface area contributed by atoms with E-state index in [1.165, 1.54) is 12.1 Å². The Morgan fingerprint density at radius 3 is 2.74 bits per heavy atom.